The van der Waals surface area contributed by atoms with Crippen LogP contribution in [0.25, 0.3) is 10.8 Å². The van der Waals surface area contributed by atoms with Gasteiger partial charge in [0.05, 0.1) is 5.71 Å². The molecule has 2 rings (SSSR count). The summed E-state index contributed by atoms with van der Waals surface area (Å²) in [7, 11) is 0. The maximum Gasteiger partial charge on any atom is 0.184 e. The molecule has 3 N–H and O–H groups in total. The summed E-state index contributed by atoms with van der Waals surface area (Å²) in [5, 5.41) is 6.67. The van der Waals surface area contributed by atoms with Crippen LogP contribution in [-0.4, -0.2) is 10.8 Å². The van der Waals surface area contributed by atoms with Gasteiger partial charge >= 0.3 is 0 Å². The Kier molecular flexibility index (Phi) is 3.35. The van der Waals surface area contributed by atoms with Crippen molar-refractivity contribution >= 4 is 33.8 Å². The number of nitrogens with two attached hydrogens (primary N) is 1. The van der Waals surface area contributed by atoms with Crippen molar-refractivity contribution in [3.8, 4) is 0 Å². The number of hydrogen-bond donors (Lipinski definition) is 2. The molecule has 0 bridgehead atoms. The Bertz CT molecular complexity index is 585. The Labute approximate surface area is 105 Å². The van der Waals surface area contributed by atoms with Gasteiger partial charge in [-0.25, -0.2) is 0 Å². The van der Waals surface area contributed by atoms with Crippen LogP contribution in [0.2, 0.25) is 0 Å². The fourth-order valence-corrected chi connectivity index (χ4v) is 1.79. The van der Waals surface area contributed by atoms with Crippen LogP contribution in [0.3, 0.4) is 0 Å². The lowest BCUT2D eigenvalue weighted by Crippen LogP contribution is -2.25. The number of fused-ring (bicyclic) bond motifs is 1. The molecule has 0 spiro atoms. The first-order valence-corrected chi connectivity index (χ1v) is 5.67. The molecule has 0 atom stereocenters. The summed E-state index contributed by atoms with van der Waals surface area (Å²) in [6.45, 7) is 1.92. The minimum Gasteiger partial charge on any atom is -0.375 e. The largest absolute Gasteiger partial charge is 0.375 e. The van der Waals surface area contributed by atoms with E-state index in [2.05, 4.69) is 28.7 Å². The highest BCUT2D eigenvalue weighted by molar-refractivity contribution is 7.80. The lowest BCUT2D eigenvalue weighted by Gasteiger charge is -2.06. The van der Waals surface area contributed by atoms with Crippen molar-refractivity contribution < 1.29 is 0 Å². The molecule has 0 fully saturated rings. The molecule has 0 aliphatic rings. The first kappa shape index (κ1) is 11.5. The highest BCUT2D eigenvalue weighted by Crippen LogP contribution is 2.18. The summed E-state index contributed by atoms with van der Waals surface area (Å²) in [6, 6.07) is 14.3. The summed E-state index contributed by atoms with van der Waals surface area (Å²) in [5.74, 6) is 0. The van der Waals surface area contributed by atoms with Crippen molar-refractivity contribution in [2.24, 2.45) is 10.8 Å². The van der Waals surface area contributed by atoms with Crippen molar-refractivity contribution in [1.29, 1.82) is 0 Å². The normalized spacial score (nSPS) is 11.5. The van der Waals surface area contributed by atoms with E-state index in [4.69, 9.17) is 18.0 Å². The molecule has 0 radical (unpaired) electrons. The topological polar surface area (TPSA) is 50.4 Å². The maximum absolute atomic E-state index is 5.34. The molecule has 17 heavy (non-hydrogen) atoms. The molecule has 86 valence electrons. The van der Waals surface area contributed by atoms with Crippen LogP contribution in [0.15, 0.2) is 47.6 Å². The lowest BCUT2D eigenvalue weighted by molar-refractivity contribution is 1.03. The fourth-order valence-electron chi connectivity index (χ4n) is 1.74. The van der Waals surface area contributed by atoms with Crippen molar-refractivity contribution in [1.82, 2.24) is 5.43 Å². The zero-order valence-corrected chi connectivity index (χ0v) is 10.3. The Hall–Kier alpha value is -1.94. The molecule has 2 aromatic carbocycles. The predicted molar refractivity (Wildman–Crippen MR) is 76.1 cm³/mol. The Morgan fingerprint density at radius 1 is 1.18 bits per heavy atom. The van der Waals surface area contributed by atoms with E-state index in [0.717, 1.165) is 11.3 Å². The third-order valence-electron chi connectivity index (χ3n) is 2.51. The van der Waals surface area contributed by atoms with E-state index in [0.29, 0.717) is 0 Å². The summed E-state index contributed by atoms with van der Waals surface area (Å²) in [6.07, 6.45) is 0. The molecule has 0 heterocycles. The molecule has 0 aliphatic heterocycles. The zero-order chi connectivity index (χ0) is 12.3. The van der Waals surface area contributed by atoms with E-state index in [1.807, 2.05) is 31.2 Å². The van der Waals surface area contributed by atoms with E-state index in [1.165, 1.54) is 10.8 Å². The van der Waals surface area contributed by atoms with Crippen LogP contribution < -0.4 is 11.2 Å². The van der Waals surface area contributed by atoms with E-state index in [9.17, 15) is 0 Å². The van der Waals surface area contributed by atoms with Gasteiger partial charge in [-0.05, 0) is 29.9 Å². The summed E-state index contributed by atoms with van der Waals surface area (Å²) >= 11 is 4.72. The average molecular weight is 243 g/mol. The van der Waals surface area contributed by atoms with Crippen LogP contribution >= 0.6 is 12.2 Å². The number of nitrogens with one attached hydrogen (secondary N) is 1. The molecule has 0 aliphatic carbocycles. The van der Waals surface area contributed by atoms with E-state index in [1.54, 1.807) is 0 Å². The predicted octanol–water partition coefficient (Wildman–Crippen LogP) is 2.40. The first-order valence-electron chi connectivity index (χ1n) is 5.26. The van der Waals surface area contributed by atoms with E-state index < -0.39 is 0 Å². The molecule has 3 nitrogen and oxygen atoms in total. The molecule has 4 heteroatoms. The number of hydrogen-bond acceptors (Lipinski definition) is 2. The number of nitrogens with zero attached hydrogens (tertiary/aromatic N) is 1. The van der Waals surface area contributed by atoms with Crippen molar-refractivity contribution in [3.05, 3.63) is 48.0 Å². The fraction of sp³-hybridized carbons (Fsp3) is 0.0769. The molecule has 0 saturated heterocycles. The molecule has 2 aromatic rings. The quantitative estimate of drug-likeness (QED) is 0.484. The van der Waals surface area contributed by atoms with Gasteiger partial charge in [0.25, 0.3) is 0 Å². The molecule has 0 aromatic heterocycles. The van der Waals surface area contributed by atoms with Crippen molar-refractivity contribution in [2.45, 2.75) is 6.92 Å². The minimum absolute atomic E-state index is 0.171. The van der Waals surface area contributed by atoms with Crippen LogP contribution in [0.4, 0.5) is 0 Å². The van der Waals surface area contributed by atoms with Gasteiger partial charge in [-0.3, -0.25) is 5.43 Å². The molecule has 0 saturated carbocycles. The second kappa shape index (κ2) is 4.93. The Morgan fingerprint density at radius 2 is 1.88 bits per heavy atom. The minimum atomic E-state index is 0.171. The van der Waals surface area contributed by atoms with Gasteiger partial charge in [-0.2, -0.15) is 5.10 Å². The average Bonchev–Trinajstić information content (AvgIpc) is 2.35. The maximum atomic E-state index is 5.34. The van der Waals surface area contributed by atoms with Gasteiger partial charge < -0.3 is 5.73 Å². The molecular weight excluding hydrogens is 230 g/mol. The van der Waals surface area contributed by atoms with E-state index in [-0.39, 0.29) is 5.11 Å². The van der Waals surface area contributed by atoms with Gasteiger partial charge in [0.15, 0.2) is 5.11 Å². The van der Waals surface area contributed by atoms with Gasteiger partial charge in [0.2, 0.25) is 0 Å². The molecule has 0 unspecified atom stereocenters. The number of hydrazone groups is 1. The second-order valence-electron chi connectivity index (χ2n) is 3.70. The zero-order valence-electron chi connectivity index (χ0n) is 9.47. The van der Waals surface area contributed by atoms with Gasteiger partial charge in [-0.1, -0.05) is 42.5 Å². The summed E-state index contributed by atoms with van der Waals surface area (Å²) in [4.78, 5) is 0. The highest BCUT2D eigenvalue weighted by Gasteiger charge is 2.02. The van der Waals surface area contributed by atoms with Gasteiger partial charge in [0.1, 0.15) is 0 Å². The number of benzene rings is 2. The van der Waals surface area contributed by atoms with Crippen molar-refractivity contribution in [2.75, 3.05) is 0 Å². The summed E-state index contributed by atoms with van der Waals surface area (Å²) < 4.78 is 0. The van der Waals surface area contributed by atoms with Crippen molar-refractivity contribution in [3.63, 3.8) is 0 Å². The van der Waals surface area contributed by atoms with Gasteiger partial charge in [-0.15, -0.1) is 0 Å². The third kappa shape index (κ3) is 2.60. The molecule has 0 amide bonds. The first-order chi connectivity index (χ1) is 8.18. The van der Waals surface area contributed by atoms with Crippen LogP contribution in [0.1, 0.15) is 12.5 Å². The lowest BCUT2D eigenvalue weighted by atomic mass is 10.0. The number of rotatable bonds is 2. The third-order valence-corrected chi connectivity index (χ3v) is 2.60. The summed E-state index contributed by atoms with van der Waals surface area (Å²) in [5.41, 5.74) is 9.88. The Morgan fingerprint density at radius 3 is 2.65 bits per heavy atom. The standard InChI is InChI=1S/C13H13N3S/c1-9(15-16-13(14)17)11-8-4-6-10-5-2-3-7-12(10)11/h2-8H,1H3,(H3,14,16,17)/b15-9+. The Balaban J connectivity index is 2.48. The highest BCUT2D eigenvalue weighted by atomic mass is 32.1. The number of thiocarbonyl (C=S) groups is 1. The monoisotopic (exact) mass is 243 g/mol. The smallest absolute Gasteiger partial charge is 0.184 e. The molecular formula is C13H13N3S. The van der Waals surface area contributed by atoms with E-state index >= 15 is 0 Å². The van der Waals surface area contributed by atoms with Crippen LogP contribution in [-0.2, 0) is 0 Å². The second-order valence-corrected chi connectivity index (χ2v) is 4.14. The van der Waals surface area contributed by atoms with Crippen LogP contribution in [0.5, 0.6) is 0 Å². The van der Waals surface area contributed by atoms with Crippen LogP contribution in [0, 0.1) is 0 Å². The van der Waals surface area contributed by atoms with Gasteiger partial charge in [0, 0.05) is 5.56 Å². The SMILES string of the molecule is C/C(=N\NC(N)=S)c1cccc2ccccc12.